The summed E-state index contributed by atoms with van der Waals surface area (Å²) in [5.74, 6) is 0.238. The quantitative estimate of drug-likeness (QED) is 0.808. The van der Waals surface area contributed by atoms with Gasteiger partial charge in [0.15, 0.2) is 0 Å². The van der Waals surface area contributed by atoms with E-state index in [1.165, 1.54) is 0 Å². The minimum Gasteiger partial charge on any atom is -0.331 e. The molecule has 1 heterocycles. The van der Waals surface area contributed by atoms with Crippen molar-refractivity contribution in [3.05, 3.63) is 0 Å². The first-order valence-electron chi connectivity index (χ1n) is 6.80. The molecule has 1 saturated heterocycles. The number of hydrogen-bond donors (Lipinski definition) is 1. The fourth-order valence-electron chi connectivity index (χ4n) is 3.03. The molecule has 1 rings (SSSR count). The minimum atomic E-state index is -0.141. The maximum Gasteiger partial charge on any atom is 0.242 e. The van der Waals surface area contributed by atoms with Crippen molar-refractivity contribution in [2.24, 2.45) is 0 Å². The molecule has 0 saturated carbocycles. The van der Waals surface area contributed by atoms with Crippen molar-refractivity contribution in [3.8, 4) is 0 Å². The Bertz CT molecular complexity index is 307. The van der Waals surface area contributed by atoms with Crippen LogP contribution >= 0.6 is 0 Å². The van der Waals surface area contributed by atoms with Crippen LogP contribution in [-0.4, -0.2) is 60.0 Å². The maximum absolute atomic E-state index is 12.9. The summed E-state index contributed by atoms with van der Waals surface area (Å²) in [6, 6.07) is -0.0593. The van der Waals surface area contributed by atoms with E-state index in [2.05, 4.69) is 49.7 Å². The molecule has 0 aliphatic carbocycles. The van der Waals surface area contributed by atoms with Crippen LogP contribution in [0.2, 0.25) is 0 Å². The van der Waals surface area contributed by atoms with Crippen molar-refractivity contribution >= 4 is 5.91 Å². The van der Waals surface area contributed by atoms with Gasteiger partial charge < -0.3 is 10.2 Å². The van der Waals surface area contributed by atoms with Crippen LogP contribution in [-0.2, 0) is 4.79 Å². The lowest BCUT2D eigenvalue weighted by molar-refractivity contribution is -0.146. The summed E-state index contributed by atoms with van der Waals surface area (Å²) >= 11 is 0. The second-order valence-corrected chi connectivity index (χ2v) is 6.96. The van der Waals surface area contributed by atoms with E-state index < -0.39 is 0 Å². The van der Waals surface area contributed by atoms with Crippen molar-refractivity contribution in [2.45, 2.75) is 58.2 Å². The minimum absolute atomic E-state index is 0.0593. The van der Waals surface area contributed by atoms with Crippen LogP contribution in [0.4, 0.5) is 0 Å². The number of amides is 1. The molecule has 0 radical (unpaired) electrons. The van der Waals surface area contributed by atoms with Gasteiger partial charge in [0.1, 0.15) is 6.04 Å². The van der Waals surface area contributed by atoms with E-state index in [-0.39, 0.29) is 23.0 Å². The molecule has 18 heavy (non-hydrogen) atoms. The molecule has 0 aromatic carbocycles. The van der Waals surface area contributed by atoms with E-state index in [0.717, 1.165) is 13.0 Å². The molecule has 106 valence electrons. The van der Waals surface area contributed by atoms with Crippen LogP contribution in [0, 0.1) is 0 Å². The van der Waals surface area contributed by atoms with Gasteiger partial charge in [0.2, 0.25) is 5.91 Å². The Morgan fingerprint density at radius 2 is 1.94 bits per heavy atom. The zero-order chi connectivity index (χ0) is 14.1. The number of nitrogens with zero attached hydrogens (tertiary/aromatic N) is 2. The highest BCUT2D eigenvalue weighted by Gasteiger charge is 2.44. The molecule has 4 heteroatoms. The van der Waals surface area contributed by atoms with Crippen molar-refractivity contribution in [1.82, 2.24) is 15.1 Å². The van der Waals surface area contributed by atoms with Gasteiger partial charge >= 0.3 is 0 Å². The van der Waals surface area contributed by atoms with Gasteiger partial charge in [-0.2, -0.15) is 0 Å². The fourth-order valence-corrected chi connectivity index (χ4v) is 3.03. The van der Waals surface area contributed by atoms with Gasteiger partial charge in [-0.25, -0.2) is 0 Å². The number of rotatable bonds is 2. The van der Waals surface area contributed by atoms with E-state index >= 15 is 0 Å². The molecule has 1 atom stereocenters. The van der Waals surface area contributed by atoms with E-state index in [4.69, 9.17) is 0 Å². The summed E-state index contributed by atoms with van der Waals surface area (Å²) in [5.41, 5.74) is -0.232. The number of carbonyl (C=O) groups excluding carboxylic acids is 1. The van der Waals surface area contributed by atoms with Crippen LogP contribution in [0.3, 0.4) is 0 Å². The van der Waals surface area contributed by atoms with Gasteiger partial charge in [-0.05, 0) is 55.1 Å². The summed E-state index contributed by atoms with van der Waals surface area (Å²) < 4.78 is 0. The average molecular weight is 255 g/mol. The summed E-state index contributed by atoms with van der Waals surface area (Å²) in [6.07, 6.45) is 1.01. The first kappa shape index (κ1) is 15.4. The molecule has 0 spiro atoms. The standard InChI is InChI=1S/C14H29N3O/c1-13(2,3)17-12(18)11(10-15-6)16(7)9-8-14(17,4)5/h11,15H,8-10H2,1-7H3. The predicted molar refractivity (Wildman–Crippen MR) is 75.6 cm³/mol. The third-order valence-corrected chi connectivity index (χ3v) is 3.79. The summed E-state index contributed by atoms with van der Waals surface area (Å²) in [5, 5.41) is 3.14. The number of nitrogens with one attached hydrogen (secondary N) is 1. The monoisotopic (exact) mass is 255 g/mol. The third kappa shape index (κ3) is 3.04. The molecule has 0 aromatic rings. The van der Waals surface area contributed by atoms with Crippen LogP contribution < -0.4 is 5.32 Å². The van der Waals surface area contributed by atoms with Crippen LogP contribution in [0.5, 0.6) is 0 Å². The number of hydrogen-bond acceptors (Lipinski definition) is 3. The van der Waals surface area contributed by atoms with Crippen molar-refractivity contribution < 1.29 is 4.79 Å². The molecular formula is C14H29N3O. The van der Waals surface area contributed by atoms with Crippen LogP contribution in [0.1, 0.15) is 41.0 Å². The Morgan fingerprint density at radius 3 is 2.39 bits per heavy atom. The topological polar surface area (TPSA) is 35.6 Å². The van der Waals surface area contributed by atoms with Gasteiger partial charge in [-0.15, -0.1) is 0 Å². The van der Waals surface area contributed by atoms with E-state index in [1.54, 1.807) is 0 Å². The Labute approximate surface area is 112 Å². The highest BCUT2D eigenvalue weighted by Crippen LogP contribution is 2.31. The zero-order valence-corrected chi connectivity index (χ0v) is 13.0. The first-order valence-corrected chi connectivity index (χ1v) is 6.80. The van der Waals surface area contributed by atoms with Crippen molar-refractivity contribution in [2.75, 3.05) is 27.2 Å². The van der Waals surface area contributed by atoms with E-state index in [1.807, 2.05) is 14.1 Å². The van der Waals surface area contributed by atoms with E-state index in [9.17, 15) is 4.79 Å². The molecule has 1 aliphatic heterocycles. The Kier molecular flexibility index (Phi) is 4.44. The van der Waals surface area contributed by atoms with E-state index in [0.29, 0.717) is 6.54 Å². The third-order valence-electron chi connectivity index (χ3n) is 3.79. The smallest absolute Gasteiger partial charge is 0.242 e. The van der Waals surface area contributed by atoms with Gasteiger partial charge in [0.05, 0.1) is 0 Å². The van der Waals surface area contributed by atoms with Crippen LogP contribution in [0.25, 0.3) is 0 Å². The second kappa shape index (κ2) is 5.17. The van der Waals surface area contributed by atoms with Crippen molar-refractivity contribution in [1.29, 1.82) is 0 Å². The number of likely N-dealkylation sites (N-methyl/N-ethyl adjacent to an activating group) is 2. The predicted octanol–water partition coefficient (Wildman–Crippen LogP) is 1.32. The first-order chi connectivity index (χ1) is 8.11. The average Bonchev–Trinajstić information content (AvgIpc) is 2.26. The maximum atomic E-state index is 12.9. The second-order valence-electron chi connectivity index (χ2n) is 6.96. The van der Waals surface area contributed by atoms with Gasteiger partial charge in [0, 0.05) is 24.2 Å². The van der Waals surface area contributed by atoms with Gasteiger partial charge in [0.25, 0.3) is 0 Å². The lowest BCUT2D eigenvalue weighted by Crippen LogP contribution is -2.60. The highest BCUT2D eigenvalue weighted by atomic mass is 16.2. The van der Waals surface area contributed by atoms with Gasteiger partial charge in [-0.3, -0.25) is 9.69 Å². The number of carbonyl (C=O) groups is 1. The SMILES string of the molecule is CNCC1C(=O)N(C(C)(C)C)C(C)(C)CCN1C. The summed E-state index contributed by atoms with van der Waals surface area (Å²) in [6.45, 7) is 12.4. The fraction of sp³-hybridized carbons (Fsp3) is 0.929. The summed E-state index contributed by atoms with van der Waals surface area (Å²) in [4.78, 5) is 17.1. The van der Waals surface area contributed by atoms with Crippen LogP contribution in [0.15, 0.2) is 0 Å². The molecule has 1 N–H and O–H groups in total. The molecule has 1 aliphatic rings. The Morgan fingerprint density at radius 1 is 1.39 bits per heavy atom. The largest absolute Gasteiger partial charge is 0.331 e. The molecule has 1 unspecified atom stereocenters. The highest BCUT2D eigenvalue weighted by molar-refractivity contribution is 5.84. The Balaban J connectivity index is 3.13. The van der Waals surface area contributed by atoms with Gasteiger partial charge in [-0.1, -0.05) is 0 Å². The lowest BCUT2D eigenvalue weighted by Gasteiger charge is -2.47. The molecule has 0 aromatic heterocycles. The lowest BCUT2D eigenvalue weighted by atomic mass is 9.91. The molecule has 0 bridgehead atoms. The van der Waals surface area contributed by atoms with Crippen molar-refractivity contribution in [3.63, 3.8) is 0 Å². The Hall–Kier alpha value is -0.610. The summed E-state index contributed by atoms with van der Waals surface area (Å²) in [7, 11) is 3.95. The normalized spacial score (nSPS) is 26.3. The molecule has 1 amide bonds. The zero-order valence-electron chi connectivity index (χ0n) is 13.0. The molecular weight excluding hydrogens is 226 g/mol. The molecule has 4 nitrogen and oxygen atoms in total. The molecule has 1 fully saturated rings.